The molecule has 0 saturated heterocycles. The normalized spacial score (nSPS) is 18.1. The Bertz CT molecular complexity index is 107. The second-order valence-corrected chi connectivity index (χ2v) is 2.13. The van der Waals surface area contributed by atoms with Crippen molar-refractivity contribution in [3.05, 3.63) is 24.4 Å². The van der Waals surface area contributed by atoms with Gasteiger partial charge in [0.15, 0.2) is 0 Å². The number of rotatable bonds is 0. The summed E-state index contributed by atoms with van der Waals surface area (Å²) in [6.45, 7) is 1.02. The predicted octanol–water partition coefficient (Wildman–Crippen LogP) is 1.16. The van der Waals surface area contributed by atoms with Crippen molar-refractivity contribution >= 4 is 9.39 Å². The molecule has 1 rings (SSSR count). The van der Waals surface area contributed by atoms with Crippen molar-refractivity contribution < 1.29 is 0 Å². The highest BCUT2D eigenvalue weighted by Gasteiger charge is 1.86. The first-order valence-electron chi connectivity index (χ1n) is 2.24. The van der Waals surface area contributed by atoms with Crippen molar-refractivity contribution in [1.29, 1.82) is 0 Å². The summed E-state index contributed by atoms with van der Waals surface area (Å²) < 4.78 is 2.04. The van der Waals surface area contributed by atoms with Crippen LogP contribution in [0, 0.1) is 0 Å². The third kappa shape index (κ3) is 1.32. The molecule has 0 bridgehead atoms. The highest BCUT2D eigenvalue weighted by Crippen LogP contribution is 2.02. The molecule has 7 heavy (non-hydrogen) atoms. The average molecular weight is 113 g/mol. The van der Waals surface area contributed by atoms with Crippen LogP contribution < -0.4 is 0 Å². The lowest BCUT2D eigenvalue weighted by atomic mass is 10.4. The molecule has 1 aliphatic heterocycles. The van der Waals surface area contributed by atoms with Crippen LogP contribution in [-0.2, 0) is 0 Å². The van der Waals surface area contributed by atoms with Crippen molar-refractivity contribution in [2.24, 2.45) is 0 Å². The number of nitrogens with zero attached hydrogens (tertiary/aromatic N) is 1. The monoisotopic (exact) mass is 113 g/mol. The van der Waals surface area contributed by atoms with Gasteiger partial charge in [0.05, 0.1) is 0 Å². The standard InChI is InChI=1S/C5H8NP/c7-6-4-2-1-3-5-6/h1-4H,5,7H2. The maximum absolute atomic E-state index is 2.60. The molecule has 0 aromatic rings. The van der Waals surface area contributed by atoms with Gasteiger partial charge in [0, 0.05) is 12.7 Å². The van der Waals surface area contributed by atoms with E-state index in [1.54, 1.807) is 0 Å². The maximum atomic E-state index is 2.60. The first-order valence-corrected chi connectivity index (χ1v) is 2.76. The minimum Gasteiger partial charge on any atom is -0.358 e. The summed E-state index contributed by atoms with van der Waals surface area (Å²) in [7, 11) is 2.60. The van der Waals surface area contributed by atoms with Crippen LogP contribution in [-0.4, -0.2) is 11.2 Å². The first kappa shape index (κ1) is 4.86. The van der Waals surface area contributed by atoms with Gasteiger partial charge in [0.1, 0.15) is 0 Å². The van der Waals surface area contributed by atoms with Gasteiger partial charge in [-0.15, -0.1) is 0 Å². The van der Waals surface area contributed by atoms with Crippen LogP contribution in [0.4, 0.5) is 0 Å². The lowest BCUT2D eigenvalue weighted by molar-refractivity contribution is 0.690. The second-order valence-electron chi connectivity index (χ2n) is 1.47. The Balaban J connectivity index is 2.49. The van der Waals surface area contributed by atoms with Crippen LogP contribution in [0.5, 0.6) is 0 Å². The molecule has 0 aromatic carbocycles. The summed E-state index contributed by atoms with van der Waals surface area (Å²) in [6.07, 6.45) is 8.18. The molecular formula is C5H8NP. The lowest BCUT2D eigenvalue weighted by Crippen LogP contribution is -2.03. The van der Waals surface area contributed by atoms with Crippen LogP contribution in [0.2, 0.25) is 0 Å². The SMILES string of the molecule is PN1C=CC=CC1. The third-order valence-corrected chi connectivity index (χ3v) is 1.22. The molecule has 1 atom stereocenters. The molecule has 0 radical (unpaired) electrons. The summed E-state index contributed by atoms with van der Waals surface area (Å²) in [5.41, 5.74) is 0. The maximum Gasteiger partial charge on any atom is 0.0390 e. The largest absolute Gasteiger partial charge is 0.358 e. The molecule has 0 fully saturated rings. The smallest absolute Gasteiger partial charge is 0.0390 e. The fraction of sp³-hybridized carbons (Fsp3) is 0.200. The Kier molecular flexibility index (Phi) is 1.48. The van der Waals surface area contributed by atoms with Gasteiger partial charge < -0.3 is 4.67 Å². The molecule has 2 heteroatoms. The van der Waals surface area contributed by atoms with Crippen LogP contribution in [0.1, 0.15) is 0 Å². The van der Waals surface area contributed by atoms with Crippen molar-refractivity contribution in [3.8, 4) is 0 Å². The van der Waals surface area contributed by atoms with Gasteiger partial charge in [0.2, 0.25) is 0 Å². The van der Waals surface area contributed by atoms with Crippen LogP contribution in [0.15, 0.2) is 24.4 Å². The van der Waals surface area contributed by atoms with Crippen molar-refractivity contribution in [3.63, 3.8) is 0 Å². The van der Waals surface area contributed by atoms with Gasteiger partial charge in [-0.2, -0.15) is 0 Å². The Morgan fingerprint density at radius 1 is 1.43 bits per heavy atom. The van der Waals surface area contributed by atoms with Crippen molar-refractivity contribution in [2.45, 2.75) is 0 Å². The van der Waals surface area contributed by atoms with Gasteiger partial charge in [0.25, 0.3) is 0 Å². The Morgan fingerprint density at radius 2 is 2.29 bits per heavy atom. The topological polar surface area (TPSA) is 3.24 Å². The highest BCUT2D eigenvalue weighted by molar-refractivity contribution is 7.13. The molecule has 0 aliphatic carbocycles. The summed E-state index contributed by atoms with van der Waals surface area (Å²) >= 11 is 0. The molecule has 1 aliphatic rings. The molecule has 38 valence electrons. The van der Waals surface area contributed by atoms with E-state index in [0.29, 0.717) is 0 Å². The fourth-order valence-corrected chi connectivity index (χ4v) is 0.703. The summed E-state index contributed by atoms with van der Waals surface area (Å²) in [5, 5.41) is 0. The molecule has 0 spiro atoms. The van der Waals surface area contributed by atoms with E-state index in [0.717, 1.165) is 6.54 Å². The zero-order valence-corrected chi connectivity index (χ0v) is 5.20. The van der Waals surface area contributed by atoms with E-state index in [4.69, 9.17) is 0 Å². The number of hydrogen-bond acceptors (Lipinski definition) is 1. The Hall–Kier alpha value is -0.290. The summed E-state index contributed by atoms with van der Waals surface area (Å²) in [6, 6.07) is 0. The third-order valence-electron chi connectivity index (χ3n) is 0.841. The van der Waals surface area contributed by atoms with Crippen molar-refractivity contribution in [2.75, 3.05) is 6.54 Å². The van der Waals surface area contributed by atoms with E-state index < -0.39 is 0 Å². The number of hydrogen-bond donors (Lipinski definition) is 0. The van der Waals surface area contributed by atoms with Gasteiger partial charge in [-0.05, 0) is 15.5 Å². The minimum absolute atomic E-state index is 1.02. The minimum atomic E-state index is 1.02. The summed E-state index contributed by atoms with van der Waals surface area (Å²) in [4.78, 5) is 0. The first-order chi connectivity index (χ1) is 3.39. The quantitative estimate of drug-likeness (QED) is 0.426. The zero-order valence-electron chi connectivity index (χ0n) is 4.04. The predicted molar refractivity (Wildman–Crippen MR) is 34.7 cm³/mol. The van der Waals surface area contributed by atoms with Crippen LogP contribution >= 0.6 is 9.39 Å². The zero-order chi connectivity index (χ0) is 5.11. The molecule has 1 heterocycles. The summed E-state index contributed by atoms with van der Waals surface area (Å²) in [5.74, 6) is 0. The average Bonchev–Trinajstić information content (AvgIpc) is 1.69. The molecule has 0 N–H and O–H groups in total. The van der Waals surface area contributed by atoms with E-state index in [1.165, 1.54) is 0 Å². The molecule has 0 saturated carbocycles. The molecular weight excluding hydrogens is 105 g/mol. The van der Waals surface area contributed by atoms with Crippen LogP contribution in [0.3, 0.4) is 0 Å². The van der Waals surface area contributed by atoms with Crippen molar-refractivity contribution in [1.82, 2.24) is 4.67 Å². The van der Waals surface area contributed by atoms with Crippen LogP contribution in [0.25, 0.3) is 0 Å². The van der Waals surface area contributed by atoms with E-state index >= 15 is 0 Å². The Morgan fingerprint density at radius 3 is 2.57 bits per heavy atom. The fourth-order valence-electron chi connectivity index (χ4n) is 0.482. The lowest BCUT2D eigenvalue weighted by Gasteiger charge is -2.11. The van der Waals surface area contributed by atoms with Gasteiger partial charge >= 0.3 is 0 Å². The van der Waals surface area contributed by atoms with Gasteiger partial charge in [-0.3, -0.25) is 0 Å². The second kappa shape index (κ2) is 2.13. The Labute approximate surface area is 46.0 Å². The number of allylic oxidation sites excluding steroid dienone is 2. The molecule has 0 aromatic heterocycles. The van der Waals surface area contributed by atoms with E-state index in [-0.39, 0.29) is 0 Å². The molecule has 1 unspecified atom stereocenters. The highest BCUT2D eigenvalue weighted by atomic mass is 31.0. The van der Waals surface area contributed by atoms with E-state index in [2.05, 4.69) is 15.5 Å². The molecule has 0 amide bonds. The molecule has 1 nitrogen and oxygen atoms in total. The van der Waals surface area contributed by atoms with Gasteiger partial charge in [-0.25, -0.2) is 0 Å². The van der Waals surface area contributed by atoms with Gasteiger partial charge in [-0.1, -0.05) is 12.2 Å². The van der Waals surface area contributed by atoms with E-state index in [1.807, 2.05) is 23.0 Å². The van der Waals surface area contributed by atoms with E-state index in [9.17, 15) is 0 Å².